The molecule has 0 saturated carbocycles. The first-order valence-corrected chi connectivity index (χ1v) is 6.54. The zero-order chi connectivity index (χ0) is 13.0. The summed E-state index contributed by atoms with van der Waals surface area (Å²) in [4.78, 5) is 0. The third-order valence-corrected chi connectivity index (χ3v) is 3.22. The SMILES string of the molecule is CCNC(CCOC)c1cc2cccc(Cl)c2o1. The van der Waals surface area contributed by atoms with Gasteiger partial charge in [0.1, 0.15) is 5.76 Å². The van der Waals surface area contributed by atoms with Crippen molar-refractivity contribution >= 4 is 22.6 Å². The molecule has 0 fully saturated rings. The van der Waals surface area contributed by atoms with Gasteiger partial charge in [0, 0.05) is 19.1 Å². The summed E-state index contributed by atoms with van der Waals surface area (Å²) >= 11 is 6.12. The molecule has 0 bridgehead atoms. The van der Waals surface area contributed by atoms with Crippen molar-refractivity contribution < 1.29 is 9.15 Å². The van der Waals surface area contributed by atoms with Crippen LogP contribution >= 0.6 is 11.6 Å². The molecule has 1 atom stereocenters. The summed E-state index contributed by atoms with van der Waals surface area (Å²) < 4.78 is 11.0. The van der Waals surface area contributed by atoms with Crippen molar-refractivity contribution in [3.8, 4) is 0 Å². The van der Waals surface area contributed by atoms with Gasteiger partial charge in [-0.3, -0.25) is 0 Å². The molecule has 0 radical (unpaired) electrons. The van der Waals surface area contributed by atoms with Gasteiger partial charge in [0.05, 0.1) is 11.1 Å². The Balaban J connectivity index is 2.29. The van der Waals surface area contributed by atoms with Gasteiger partial charge < -0.3 is 14.5 Å². The molecule has 2 aromatic rings. The van der Waals surface area contributed by atoms with Crippen LogP contribution in [0.2, 0.25) is 5.02 Å². The lowest BCUT2D eigenvalue weighted by atomic mass is 10.1. The van der Waals surface area contributed by atoms with E-state index in [4.69, 9.17) is 20.8 Å². The molecule has 0 amide bonds. The van der Waals surface area contributed by atoms with Gasteiger partial charge >= 0.3 is 0 Å². The number of benzene rings is 1. The van der Waals surface area contributed by atoms with Crippen LogP contribution in [0.5, 0.6) is 0 Å². The monoisotopic (exact) mass is 267 g/mol. The van der Waals surface area contributed by atoms with Crippen LogP contribution in [-0.4, -0.2) is 20.3 Å². The fourth-order valence-corrected chi connectivity index (χ4v) is 2.27. The molecule has 2 rings (SSSR count). The molecule has 1 N–H and O–H groups in total. The number of ether oxygens (including phenoxy) is 1. The number of methoxy groups -OCH3 is 1. The van der Waals surface area contributed by atoms with Gasteiger partial charge in [-0.15, -0.1) is 0 Å². The number of hydrogen-bond acceptors (Lipinski definition) is 3. The van der Waals surface area contributed by atoms with E-state index in [1.807, 2.05) is 24.3 Å². The molecule has 4 heteroatoms. The standard InChI is InChI=1S/C14H18ClNO2/c1-3-16-12(7-8-17-2)13-9-10-5-4-6-11(15)14(10)18-13/h4-6,9,12,16H,3,7-8H2,1-2H3. The minimum Gasteiger partial charge on any atom is -0.458 e. The quantitative estimate of drug-likeness (QED) is 0.865. The lowest BCUT2D eigenvalue weighted by Gasteiger charge is -2.14. The highest BCUT2D eigenvalue weighted by molar-refractivity contribution is 6.34. The number of hydrogen-bond donors (Lipinski definition) is 1. The van der Waals surface area contributed by atoms with E-state index in [0.29, 0.717) is 11.6 Å². The summed E-state index contributed by atoms with van der Waals surface area (Å²) in [7, 11) is 1.71. The maximum absolute atomic E-state index is 6.12. The van der Waals surface area contributed by atoms with E-state index in [1.165, 1.54) is 0 Å². The summed E-state index contributed by atoms with van der Waals surface area (Å²) in [6.07, 6.45) is 0.877. The van der Waals surface area contributed by atoms with E-state index in [-0.39, 0.29) is 6.04 Å². The average molecular weight is 268 g/mol. The Morgan fingerprint density at radius 2 is 2.28 bits per heavy atom. The van der Waals surface area contributed by atoms with Crippen LogP contribution in [0.3, 0.4) is 0 Å². The van der Waals surface area contributed by atoms with Gasteiger partial charge in [-0.25, -0.2) is 0 Å². The summed E-state index contributed by atoms with van der Waals surface area (Å²) in [6, 6.07) is 7.99. The second kappa shape index (κ2) is 6.23. The summed E-state index contributed by atoms with van der Waals surface area (Å²) in [5.41, 5.74) is 0.759. The zero-order valence-electron chi connectivity index (χ0n) is 10.7. The Bertz CT molecular complexity index is 509. The Morgan fingerprint density at radius 3 is 2.94 bits per heavy atom. The number of rotatable bonds is 6. The predicted octanol–water partition coefficient (Wildman–Crippen LogP) is 3.77. The van der Waals surface area contributed by atoms with Gasteiger partial charge in [-0.05, 0) is 25.1 Å². The molecule has 1 heterocycles. The lowest BCUT2D eigenvalue weighted by molar-refractivity contribution is 0.179. The first-order valence-electron chi connectivity index (χ1n) is 6.16. The molecular weight excluding hydrogens is 250 g/mol. The fraction of sp³-hybridized carbons (Fsp3) is 0.429. The lowest BCUT2D eigenvalue weighted by Crippen LogP contribution is -2.21. The van der Waals surface area contributed by atoms with Crippen molar-refractivity contribution in [3.05, 3.63) is 35.0 Å². The molecule has 18 heavy (non-hydrogen) atoms. The van der Waals surface area contributed by atoms with Crippen molar-refractivity contribution in [1.82, 2.24) is 5.32 Å². The van der Waals surface area contributed by atoms with Crippen molar-refractivity contribution in [2.45, 2.75) is 19.4 Å². The average Bonchev–Trinajstić information content (AvgIpc) is 2.80. The molecule has 0 aliphatic rings. The fourth-order valence-electron chi connectivity index (χ4n) is 2.05. The smallest absolute Gasteiger partial charge is 0.152 e. The van der Waals surface area contributed by atoms with Crippen molar-refractivity contribution in [2.24, 2.45) is 0 Å². The third kappa shape index (κ3) is 2.86. The van der Waals surface area contributed by atoms with Crippen molar-refractivity contribution in [3.63, 3.8) is 0 Å². The summed E-state index contributed by atoms with van der Waals surface area (Å²) in [5, 5.41) is 5.09. The van der Waals surface area contributed by atoms with Gasteiger partial charge in [0.15, 0.2) is 5.58 Å². The van der Waals surface area contributed by atoms with Gasteiger partial charge in [-0.1, -0.05) is 30.7 Å². The topological polar surface area (TPSA) is 34.4 Å². The molecule has 98 valence electrons. The minimum atomic E-state index is 0.165. The minimum absolute atomic E-state index is 0.165. The van der Waals surface area contributed by atoms with E-state index >= 15 is 0 Å². The normalized spacial score (nSPS) is 13.1. The van der Waals surface area contributed by atoms with E-state index in [0.717, 1.165) is 29.7 Å². The zero-order valence-corrected chi connectivity index (χ0v) is 11.5. The number of halogens is 1. The molecule has 1 aromatic heterocycles. The maximum Gasteiger partial charge on any atom is 0.152 e. The van der Waals surface area contributed by atoms with E-state index in [1.54, 1.807) is 7.11 Å². The van der Waals surface area contributed by atoms with E-state index in [2.05, 4.69) is 12.2 Å². The first kappa shape index (κ1) is 13.4. The van der Waals surface area contributed by atoms with Crippen molar-refractivity contribution in [1.29, 1.82) is 0 Å². The predicted molar refractivity (Wildman–Crippen MR) is 74.1 cm³/mol. The van der Waals surface area contributed by atoms with E-state index in [9.17, 15) is 0 Å². The Hall–Kier alpha value is -1.03. The molecule has 1 aromatic carbocycles. The molecular formula is C14H18ClNO2. The Morgan fingerprint density at radius 1 is 1.44 bits per heavy atom. The summed E-state index contributed by atoms with van der Waals surface area (Å²) in [6.45, 7) is 3.66. The van der Waals surface area contributed by atoms with Gasteiger partial charge in [0.25, 0.3) is 0 Å². The number of nitrogens with one attached hydrogen (secondary N) is 1. The van der Waals surface area contributed by atoms with Crippen LogP contribution in [0.1, 0.15) is 25.1 Å². The highest BCUT2D eigenvalue weighted by Gasteiger charge is 2.16. The third-order valence-electron chi connectivity index (χ3n) is 2.92. The van der Waals surface area contributed by atoms with Crippen molar-refractivity contribution in [2.75, 3.05) is 20.3 Å². The van der Waals surface area contributed by atoms with Crippen LogP contribution in [-0.2, 0) is 4.74 Å². The molecule has 0 aliphatic heterocycles. The largest absolute Gasteiger partial charge is 0.458 e. The Labute approximate surface area is 112 Å². The summed E-state index contributed by atoms with van der Waals surface area (Å²) in [5.74, 6) is 0.914. The number of para-hydroxylation sites is 1. The second-order valence-corrected chi connectivity index (χ2v) is 4.61. The molecule has 1 unspecified atom stereocenters. The molecule has 0 aliphatic carbocycles. The molecule has 3 nitrogen and oxygen atoms in total. The number of fused-ring (bicyclic) bond motifs is 1. The second-order valence-electron chi connectivity index (χ2n) is 4.20. The molecule has 0 spiro atoms. The van der Waals surface area contributed by atoms with E-state index < -0.39 is 0 Å². The van der Waals surface area contributed by atoms with Crippen LogP contribution in [0.15, 0.2) is 28.7 Å². The highest BCUT2D eigenvalue weighted by Crippen LogP contribution is 2.30. The first-order chi connectivity index (χ1) is 8.76. The van der Waals surface area contributed by atoms with Crippen LogP contribution in [0.25, 0.3) is 11.0 Å². The highest BCUT2D eigenvalue weighted by atomic mass is 35.5. The van der Waals surface area contributed by atoms with Crippen LogP contribution in [0.4, 0.5) is 0 Å². The number of furan rings is 1. The van der Waals surface area contributed by atoms with Gasteiger partial charge in [-0.2, -0.15) is 0 Å². The molecule has 0 saturated heterocycles. The van der Waals surface area contributed by atoms with Crippen LogP contribution < -0.4 is 5.32 Å². The Kier molecular flexibility index (Phi) is 4.64. The van der Waals surface area contributed by atoms with Crippen LogP contribution in [0, 0.1) is 0 Å². The maximum atomic E-state index is 6.12. The van der Waals surface area contributed by atoms with Gasteiger partial charge in [0.2, 0.25) is 0 Å².